The molecule has 0 radical (unpaired) electrons. The van der Waals surface area contributed by atoms with Gasteiger partial charge in [-0.15, -0.1) is 0 Å². The Morgan fingerprint density at radius 1 is 1.08 bits per heavy atom. The number of hydrogen-bond acceptors (Lipinski definition) is 11. The molecule has 0 amide bonds. The van der Waals surface area contributed by atoms with E-state index in [-0.39, 0.29) is 24.0 Å². The molecule has 5 atom stereocenters. The van der Waals surface area contributed by atoms with Crippen LogP contribution in [0.2, 0.25) is 0 Å². The summed E-state index contributed by atoms with van der Waals surface area (Å²) in [7, 11) is 1.51. The van der Waals surface area contributed by atoms with Gasteiger partial charge in [0.15, 0.2) is 12.6 Å². The largest absolute Gasteiger partial charge is 0.493 e. The summed E-state index contributed by atoms with van der Waals surface area (Å²) in [6.45, 7) is 9.29. The molecule has 51 heavy (non-hydrogen) atoms. The average Bonchev–Trinajstić information content (AvgIpc) is 3.75. The molecule has 1 saturated heterocycles. The van der Waals surface area contributed by atoms with Crippen LogP contribution >= 0.6 is 0 Å². The van der Waals surface area contributed by atoms with Crippen molar-refractivity contribution in [3.05, 3.63) is 95.6 Å². The van der Waals surface area contributed by atoms with Crippen molar-refractivity contribution in [3.8, 4) is 11.5 Å². The van der Waals surface area contributed by atoms with Crippen molar-refractivity contribution >= 4 is 18.0 Å². The molecule has 1 aromatic heterocycles. The van der Waals surface area contributed by atoms with Crippen LogP contribution in [0.25, 0.3) is 6.08 Å². The van der Waals surface area contributed by atoms with Crippen LogP contribution in [-0.4, -0.2) is 79.2 Å². The van der Waals surface area contributed by atoms with Crippen LogP contribution < -0.4 is 14.8 Å². The molecule has 2 unspecified atom stereocenters. The Bertz CT molecular complexity index is 1620. The van der Waals surface area contributed by atoms with Crippen LogP contribution in [0.5, 0.6) is 11.5 Å². The number of cyclic esters (lactones) is 1. The summed E-state index contributed by atoms with van der Waals surface area (Å²) in [6, 6.07) is 12.3. The van der Waals surface area contributed by atoms with E-state index in [0.29, 0.717) is 36.4 Å². The number of carbonyl (C=O) groups is 2. The first-order chi connectivity index (χ1) is 24.6. The highest BCUT2D eigenvalue weighted by atomic mass is 16.8. The Balaban J connectivity index is 1.38. The van der Waals surface area contributed by atoms with Crippen LogP contribution in [0.4, 0.5) is 0 Å². The lowest BCUT2D eigenvalue weighted by Gasteiger charge is -2.25. The predicted molar refractivity (Wildman–Crippen MR) is 190 cm³/mol. The maximum Gasteiger partial charge on any atom is 0.342 e. The van der Waals surface area contributed by atoms with Gasteiger partial charge in [-0.2, -0.15) is 0 Å². The molecule has 2 N–H and O–H groups in total. The number of fused-ring (bicyclic) bond motifs is 2. The second-order valence-corrected chi connectivity index (χ2v) is 13.1. The molecule has 1 fully saturated rings. The predicted octanol–water partition coefficient (Wildman–Crippen LogP) is 6.24. The Morgan fingerprint density at radius 3 is 2.67 bits per heavy atom. The van der Waals surface area contributed by atoms with Gasteiger partial charge in [0.1, 0.15) is 41.2 Å². The maximum absolute atomic E-state index is 13.8. The molecule has 3 aromatic rings. The molecule has 2 aromatic carbocycles. The van der Waals surface area contributed by atoms with Gasteiger partial charge in [0, 0.05) is 31.5 Å². The lowest BCUT2D eigenvalue weighted by Crippen LogP contribution is -2.37. The van der Waals surface area contributed by atoms with Crippen molar-refractivity contribution in [1.82, 2.24) is 15.3 Å². The molecule has 274 valence electrons. The number of unbranched alkanes of at least 4 members (excludes halogenated alkanes) is 1. The minimum atomic E-state index is -0.922. The molecule has 0 bridgehead atoms. The molecule has 0 aliphatic carbocycles. The summed E-state index contributed by atoms with van der Waals surface area (Å²) in [4.78, 5) is 34.3. The van der Waals surface area contributed by atoms with Crippen molar-refractivity contribution in [1.29, 1.82) is 0 Å². The number of nitrogens with zero attached hydrogens (tertiary/aromatic N) is 1. The first kappa shape index (κ1) is 37.8. The lowest BCUT2D eigenvalue weighted by molar-refractivity contribution is -0.152. The van der Waals surface area contributed by atoms with Crippen molar-refractivity contribution in [2.45, 2.75) is 83.7 Å². The molecular weight excluding hydrogens is 654 g/mol. The first-order valence-electron chi connectivity index (χ1n) is 17.4. The van der Waals surface area contributed by atoms with Gasteiger partial charge in [0.05, 0.1) is 24.8 Å². The molecule has 0 spiro atoms. The lowest BCUT2D eigenvalue weighted by atomic mass is 9.98. The average molecular weight is 704 g/mol. The number of methoxy groups -OCH3 is 1. The molecule has 12 nitrogen and oxygen atoms in total. The molecule has 3 heterocycles. The number of ether oxygens (including phenoxy) is 7. The Labute approximate surface area is 299 Å². The SMILES string of the molecule is COCOc1cc(OCCCCNCc2ncc[nH]2)cc2c1C(=O)O[C@@H](C)[C@H](C)C=CC(OC(=O)c1ccccc1)C1OC(C)(C)O[C@H]1CC=C2. The molecule has 2 aliphatic rings. The quantitative estimate of drug-likeness (QED) is 0.0905. The van der Waals surface area contributed by atoms with Gasteiger partial charge in [0.2, 0.25) is 0 Å². The van der Waals surface area contributed by atoms with Crippen molar-refractivity contribution in [2.75, 3.05) is 27.1 Å². The van der Waals surface area contributed by atoms with Gasteiger partial charge >= 0.3 is 11.9 Å². The van der Waals surface area contributed by atoms with Gasteiger partial charge < -0.3 is 43.5 Å². The van der Waals surface area contributed by atoms with Gasteiger partial charge in [-0.25, -0.2) is 14.6 Å². The number of benzene rings is 2. The maximum atomic E-state index is 13.8. The third-order valence-corrected chi connectivity index (χ3v) is 8.61. The number of carbonyl (C=O) groups excluding carboxylic acids is 2. The highest BCUT2D eigenvalue weighted by Gasteiger charge is 2.45. The summed E-state index contributed by atoms with van der Waals surface area (Å²) in [6.07, 6.45) is 10.7. The van der Waals surface area contributed by atoms with Gasteiger partial charge in [0.25, 0.3) is 0 Å². The number of esters is 2. The smallest absolute Gasteiger partial charge is 0.342 e. The van der Waals surface area contributed by atoms with Gasteiger partial charge in [-0.05, 0) is 76.4 Å². The van der Waals surface area contributed by atoms with Crippen LogP contribution in [0.3, 0.4) is 0 Å². The van der Waals surface area contributed by atoms with E-state index in [1.165, 1.54) is 7.11 Å². The number of aromatic nitrogens is 2. The zero-order valence-electron chi connectivity index (χ0n) is 30.0. The number of imidazole rings is 1. The van der Waals surface area contributed by atoms with Crippen LogP contribution in [0.1, 0.15) is 79.1 Å². The van der Waals surface area contributed by atoms with Crippen molar-refractivity contribution in [3.63, 3.8) is 0 Å². The topological polar surface area (TPSA) is 139 Å². The van der Waals surface area contributed by atoms with E-state index in [0.717, 1.165) is 25.2 Å². The summed E-state index contributed by atoms with van der Waals surface area (Å²) >= 11 is 0. The minimum Gasteiger partial charge on any atom is -0.493 e. The van der Waals surface area contributed by atoms with E-state index >= 15 is 0 Å². The van der Waals surface area contributed by atoms with E-state index in [1.807, 2.05) is 52.0 Å². The van der Waals surface area contributed by atoms with Crippen LogP contribution in [-0.2, 0) is 30.2 Å². The fraction of sp³-hybridized carbons (Fsp3) is 0.462. The molecule has 2 aliphatic heterocycles. The highest BCUT2D eigenvalue weighted by molar-refractivity contribution is 5.97. The third-order valence-electron chi connectivity index (χ3n) is 8.61. The van der Waals surface area contributed by atoms with Crippen LogP contribution in [0, 0.1) is 5.92 Å². The van der Waals surface area contributed by atoms with Crippen molar-refractivity contribution < 1.29 is 42.7 Å². The number of H-pyrrole nitrogens is 1. The Morgan fingerprint density at radius 2 is 1.90 bits per heavy atom. The minimum absolute atomic E-state index is 0.0734. The molecular formula is C39H49N3O9. The van der Waals surface area contributed by atoms with E-state index < -0.39 is 42.1 Å². The second-order valence-electron chi connectivity index (χ2n) is 13.1. The fourth-order valence-electron chi connectivity index (χ4n) is 5.83. The standard InChI is InChI=1S/C39H49N3O9/c1-26-16-17-31(49-37(43)28-12-7-6-8-13-28)36-32(50-39(3,4)51-36)15-11-14-29-22-30(46-21-10-9-18-40-24-34-41-19-20-42-34)23-33(47-25-45-5)35(29)38(44)48-27(26)2/h6-8,11-14,16-17,19-20,22-23,26-27,31-32,36,40H,9-10,15,18,21,24-25H2,1-5H3,(H,41,42)/t26-,27+,31?,32+,36?/m1/s1. The molecule has 12 heteroatoms. The summed E-state index contributed by atoms with van der Waals surface area (Å²) in [5, 5.41) is 3.36. The molecule has 0 saturated carbocycles. The van der Waals surface area contributed by atoms with E-state index in [4.69, 9.17) is 33.2 Å². The van der Waals surface area contributed by atoms with Gasteiger partial charge in [-0.1, -0.05) is 43.4 Å². The highest BCUT2D eigenvalue weighted by Crippen LogP contribution is 2.36. The van der Waals surface area contributed by atoms with E-state index in [1.54, 1.807) is 54.9 Å². The summed E-state index contributed by atoms with van der Waals surface area (Å²) in [5.74, 6) is -0.476. The zero-order chi connectivity index (χ0) is 36.2. The van der Waals surface area contributed by atoms with Crippen molar-refractivity contribution in [2.24, 2.45) is 5.92 Å². The van der Waals surface area contributed by atoms with Gasteiger partial charge in [-0.3, -0.25) is 0 Å². The Hall–Kier alpha value is -4.49. The normalized spacial score (nSPS) is 23.1. The first-order valence-corrected chi connectivity index (χ1v) is 17.4. The van der Waals surface area contributed by atoms with E-state index in [9.17, 15) is 9.59 Å². The monoisotopic (exact) mass is 703 g/mol. The fourth-order valence-corrected chi connectivity index (χ4v) is 5.83. The number of hydrogen-bond donors (Lipinski definition) is 2. The second kappa shape index (κ2) is 18.1. The number of rotatable bonds is 13. The van der Waals surface area contributed by atoms with E-state index in [2.05, 4.69) is 15.3 Å². The zero-order valence-corrected chi connectivity index (χ0v) is 30.0. The van der Waals surface area contributed by atoms with Crippen LogP contribution in [0.15, 0.2) is 73.1 Å². The Kier molecular flexibility index (Phi) is 13.4. The number of aromatic amines is 1. The molecule has 5 rings (SSSR count). The summed E-state index contributed by atoms with van der Waals surface area (Å²) < 4.78 is 42.0. The third kappa shape index (κ3) is 10.8. The summed E-state index contributed by atoms with van der Waals surface area (Å²) in [5.41, 5.74) is 1.24. The number of nitrogens with one attached hydrogen (secondary N) is 2.